The van der Waals surface area contributed by atoms with Crippen LogP contribution in [0.1, 0.15) is 9.67 Å². The first-order chi connectivity index (χ1) is 6.22. The van der Waals surface area contributed by atoms with Crippen molar-refractivity contribution in [1.29, 1.82) is 0 Å². The topological polar surface area (TPSA) is 63.3 Å². The standard InChI is InChI=1S/C9H7NO2S/c10-9-6-3-5(12)1-2-7(6)13-8(9)4-11/h1-4,12H,10H2. The Labute approximate surface area is 78.4 Å². The van der Waals surface area contributed by atoms with E-state index in [4.69, 9.17) is 5.73 Å². The molecule has 4 heteroatoms. The number of carbonyl (C=O) groups excluding carboxylic acids is 1. The van der Waals surface area contributed by atoms with Gasteiger partial charge in [0.15, 0.2) is 6.29 Å². The predicted octanol–water partition coefficient (Wildman–Crippen LogP) is 2.00. The minimum atomic E-state index is 0.162. The first kappa shape index (κ1) is 8.07. The maximum atomic E-state index is 10.5. The number of thiophene rings is 1. The van der Waals surface area contributed by atoms with Gasteiger partial charge in [0.2, 0.25) is 0 Å². The van der Waals surface area contributed by atoms with E-state index >= 15 is 0 Å². The van der Waals surface area contributed by atoms with E-state index < -0.39 is 0 Å². The molecule has 0 saturated heterocycles. The fourth-order valence-corrected chi connectivity index (χ4v) is 2.13. The van der Waals surface area contributed by atoms with Gasteiger partial charge in [-0.25, -0.2) is 0 Å². The molecule has 0 aliphatic carbocycles. The number of anilines is 1. The van der Waals surface area contributed by atoms with Gasteiger partial charge in [0, 0.05) is 10.1 Å². The molecule has 3 nitrogen and oxygen atoms in total. The number of phenolic OH excluding ortho intramolecular Hbond substituents is 1. The molecule has 2 rings (SSSR count). The van der Waals surface area contributed by atoms with Crippen molar-refractivity contribution < 1.29 is 9.90 Å². The van der Waals surface area contributed by atoms with Gasteiger partial charge in [-0.2, -0.15) is 0 Å². The van der Waals surface area contributed by atoms with E-state index in [9.17, 15) is 9.90 Å². The molecular weight excluding hydrogens is 186 g/mol. The summed E-state index contributed by atoms with van der Waals surface area (Å²) in [5.74, 6) is 0.162. The quantitative estimate of drug-likeness (QED) is 0.681. The normalized spacial score (nSPS) is 10.5. The molecular formula is C9H7NO2S. The van der Waals surface area contributed by atoms with Crippen LogP contribution in [0.3, 0.4) is 0 Å². The van der Waals surface area contributed by atoms with Crippen LogP contribution in [-0.4, -0.2) is 11.4 Å². The smallest absolute Gasteiger partial charge is 0.162 e. The van der Waals surface area contributed by atoms with E-state index in [0.717, 1.165) is 16.4 Å². The zero-order valence-electron chi connectivity index (χ0n) is 6.65. The van der Waals surface area contributed by atoms with Crippen molar-refractivity contribution in [1.82, 2.24) is 0 Å². The molecule has 0 amide bonds. The van der Waals surface area contributed by atoms with Crippen molar-refractivity contribution in [2.45, 2.75) is 0 Å². The molecule has 66 valence electrons. The minimum Gasteiger partial charge on any atom is -0.508 e. The molecule has 0 bridgehead atoms. The average molecular weight is 193 g/mol. The van der Waals surface area contributed by atoms with Gasteiger partial charge >= 0.3 is 0 Å². The molecule has 13 heavy (non-hydrogen) atoms. The van der Waals surface area contributed by atoms with Crippen LogP contribution < -0.4 is 5.73 Å². The third-order valence-electron chi connectivity index (χ3n) is 1.85. The molecule has 1 aromatic heterocycles. The van der Waals surface area contributed by atoms with Crippen LogP contribution in [-0.2, 0) is 0 Å². The molecule has 1 aromatic carbocycles. The summed E-state index contributed by atoms with van der Waals surface area (Å²) in [6.07, 6.45) is 0.733. The zero-order valence-corrected chi connectivity index (χ0v) is 7.47. The third-order valence-corrected chi connectivity index (χ3v) is 2.96. The minimum absolute atomic E-state index is 0.162. The van der Waals surface area contributed by atoms with Crippen LogP contribution in [0, 0.1) is 0 Å². The average Bonchev–Trinajstić information content (AvgIpc) is 2.44. The van der Waals surface area contributed by atoms with E-state index in [0.29, 0.717) is 10.6 Å². The maximum absolute atomic E-state index is 10.5. The number of fused-ring (bicyclic) bond motifs is 1. The van der Waals surface area contributed by atoms with Crippen LogP contribution in [0.4, 0.5) is 5.69 Å². The van der Waals surface area contributed by atoms with E-state index in [1.54, 1.807) is 18.2 Å². The second-order valence-corrected chi connectivity index (χ2v) is 3.76. The van der Waals surface area contributed by atoms with Crippen molar-refractivity contribution in [2.75, 3.05) is 5.73 Å². The molecule has 0 aliphatic heterocycles. The highest BCUT2D eigenvalue weighted by Gasteiger charge is 2.08. The lowest BCUT2D eigenvalue weighted by molar-refractivity contribution is 0.112. The van der Waals surface area contributed by atoms with E-state index in [2.05, 4.69) is 0 Å². The first-order valence-electron chi connectivity index (χ1n) is 3.68. The van der Waals surface area contributed by atoms with Crippen molar-refractivity contribution in [3.05, 3.63) is 23.1 Å². The number of phenols is 1. The summed E-state index contributed by atoms with van der Waals surface area (Å²) in [6.45, 7) is 0. The summed E-state index contributed by atoms with van der Waals surface area (Å²) in [5, 5.41) is 9.94. The number of aldehydes is 1. The highest BCUT2D eigenvalue weighted by Crippen LogP contribution is 2.34. The van der Waals surface area contributed by atoms with Crippen LogP contribution in [0.25, 0.3) is 10.1 Å². The number of hydrogen-bond donors (Lipinski definition) is 2. The van der Waals surface area contributed by atoms with Gasteiger partial charge in [-0.3, -0.25) is 4.79 Å². The SMILES string of the molecule is Nc1c(C=O)sc2ccc(O)cc12. The zero-order chi connectivity index (χ0) is 9.42. The van der Waals surface area contributed by atoms with Gasteiger partial charge in [0.25, 0.3) is 0 Å². The summed E-state index contributed by atoms with van der Waals surface area (Å²) in [5.41, 5.74) is 6.14. The molecule has 0 spiro atoms. The molecule has 0 aliphatic rings. The number of rotatable bonds is 1. The van der Waals surface area contributed by atoms with Crippen LogP contribution in [0.2, 0.25) is 0 Å². The number of carbonyl (C=O) groups is 1. The summed E-state index contributed by atoms with van der Waals surface area (Å²) >= 11 is 1.33. The summed E-state index contributed by atoms with van der Waals surface area (Å²) in [4.78, 5) is 11.1. The number of nitrogen functional groups attached to an aromatic ring is 1. The lowest BCUT2D eigenvalue weighted by Crippen LogP contribution is -1.86. The second kappa shape index (κ2) is 2.74. The Kier molecular flexibility index (Phi) is 1.70. The number of hydrogen-bond acceptors (Lipinski definition) is 4. The Hall–Kier alpha value is -1.55. The third kappa shape index (κ3) is 1.15. The van der Waals surface area contributed by atoms with Crippen LogP contribution in [0.5, 0.6) is 5.75 Å². The Bertz CT molecular complexity index is 476. The van der Waals surface area contributed by atoms with E-state index in [1.807, 2.05) is 0 Å². The molecule has 0 fully saturated rings. The largest absolute Gasteiger partial charge is 0.508 e. The summed E-state index contributed by atoms with van der Waals surface area (Å²) in [6, 6.07) is 4.89. The molecule has 0 saturated carbocycles. The lowest BCUT2D eigenvalue weighted by Gasteiger charge is -1.92. The highest BCUT2D eigenvalue weighted by atomic mass is 32.1. The summed E-state index contributed by atoms with van der Waals surface area (Å²) in [7, 11) is 0. The highest BCUT2D eigenvalue weighted by molar-refractivity contribution is 7.21. The predicted molar refractivity (Wildman–Crippen MR) is 53.3 cm³/mol. The fraction of sp³-hybridized carbons (Fsp3) is 0. The van der Waals surface area contributed by atoms with Gasteiger partial charge < -0.3 is 10.8 Å². The molecule has 1 heterocycles. The monoisotopic (exact) mass is 193 g/mol. The fourth-order valence-electron chi connectivity index (χ4n) is 1.21. The second-order valence-electron chi connectivity index (χ2n) is 2.68. The van der Waals surface area contributed by atoms with Gasteiger partial charge in [0.1, 0.15) is 5.75 Å². The van der Waals surface area contributed by atoms with Crippen molar-refractivity contribution in [3.63, 3.8) is 0 Å². The van der Waals surface area contributed by atoms with Gasteiger partial charge in [-0.15, -0.1) is 11.3 Å². The Balaban J connectivity index is 2.84. The lowest BCUT2D eigenvalue weighted by atomic mass is 10.2. The van der Waals surface area contributed by atoms with Crippen molar-refractivity contribution in [2.24, 2.45) is 0 Å². The molecule has 0 radical (unpaired) electrons. The number of benzene rings is 1. The first-order valence-corrected chi connectivity index (χ1v) is 4.50. The van der Waals surface area contributed by atoms with Crippen LogP contribution >= 0.6 is 11.3 Å². The van der Waals surface area contributed by atoms with E-state index in [-0.39, 0.29) is 5.75 Å². The van der Waals surface area contributed by atoms with Crippen molar-refractivity contribution in [3.8, 4) is 5.75 Å². The van der Waals surface area contributed by atoms with Crippen LogP contribution in [0.15, 0.2) is 18.2 Å². The number of nitrogens with two attached hydrogens (primary N) is 1. The molecule has 3 N–H and O–H groups in total. The number of aromatic hydroxyl groups is 1. The molecule has 2 aromatic rings. The maximum Gasteiger partial charge on any atom is 0.162 e. The van der Waals surface area contributed by atoms with Gasteiger partial charge in [0.05, 0.1) is 10.6 Å². The van der Waals surface area contributed by atoms with Gasteiger partial charge in [-0.1, -0.05) is 0 Å². The summed E-state index contributed by atoms with van der Waals surface area (Å²) < 4.78 is 0.914. The Morgan fingerprint density at radius 1 is 1.46 bits per heavy atom. The van der Waals surface area contributed by atoms with E-state index in [1.165, 1.54) is 11.3 Å². The Morgan fingerprint density at radius 3 is 2.92 bits per heavy atom. The van der Waals surface area contributed by atoms with Crippen molar-refractivity contribution >= 4 is 33.4 Å². The Morgan fingerprint density at radius 2 is 2.23 bits per heavy atom. The van der Waals surface area contributed by atoms with Gasteiger partial charge in [-0.05, 0) is 18.2 Å². The molecule has 0 atom stereocenters. The molecule has 0 unspecified atom stereocenters.